The van der Waals surface area contributed by atoms with Crippen LogP contribution in [0.1, 0.15) is 16.1 Å². The molecule has 2 aromatic heterocycles. The lowest BCUT2D eigenvalue weighted by Crippen LogP contribution is -2.16. The van der Waals surface area contributed by atoms with Crippen LogP contribution in [-0.2, 0) is 0 Å². The molecule has 17 heavy (non-hydrogen) atoms. The van der Waals surface area contributed by atoms with E-state index in [1.165, 1.54) is 12.4 Å². The SMILES string of the molecule is Cc1cccnc1C(=O)Nc1nccnc1Cl. The van der Waals surface area contributed by atoms with E-state index in [4.69, 9.17) is 11.6 Å². The molecule has 0 saturated carbocycles. The highest BCUT2D eigenvalue weighted by atomic mass is 35.5. The summed E-state index contributed by atoms with van der Waals surface area (Å²) < 4.78 is 0. The number of amides is 1. The summed E-state index contributed by atoms with van der Waals surface area (Å²) in [5, 5.41) is 2.71. The number of halogens is 1. The highest BCUT2D eigenvalue weighted by Crippen LogP contribution is 2.15. The molecule has 0 unspecified atom stereocenters. The molecule has 0 saturated heterocycles. The number of nitrogens with one attached hydrogen (secondary N) is 1. The Kier molecular flexibility index (Phi) is 3.30. The number of anilines is 1. The van der Waals surface area contributed by atoms with Gasteiger partial charge in [0.15, 0.2) is 11.0 Å². The molecule has 0 aliphatic heterocycles. The average molecular weight is 249 g/mol. The number of hydrogen-bond donors (Lipinski definition) is 1. The Morgan fingerprint density at radius 1 is 1.24 bits per heavy atom. The fourth-order valence-corrected chi connectivity index (χ4v) is 1.45. The van der Waals surface area contributed by atoms with Crippen LogP contribution < -0.4 is 5.32 Å². The van der Waals surface area contributed by atoms with Crippen LogP contribution in [0.15, 0.2) is 30.7 Å². The number of hydrogen-bond acceptors (Lipinski definition) is 4. The topological polar surface area (TPSA) is 67.8 Å². The fourth-order valence-electron chi connectivity index (χ4n) is 1.30. The van der Waals surface area contributed by atoms with Crippen LogP contribution in [0.25, 0.3) is 0 Å². The third kappa shape index (κ3) is 2.57. The first-order valence-corrected chi connectivity index (χ1v) is 5.26. The summed E-state index contributed by atoms with van der Waals surface area (Å²) in [5.74, 6) is -0.130. The Balaban J connectivity index is 2.24. The molecule has 0 fully saturated rings. The Labute approximate surface area is 103 Å². The molecule has 2 aromatic rings. The lowest BCUT2D eigenvalue weighted by Gasteiger charge is -2.06. The molecule has 0 aliphatic rings. The van der Waals surface area contributed by atoms with Crippen LogP contribution in [0.2, 0.25) is 5.15 Å². The summed E-state index contributed by atoms with van der Waals surface area (Å²) in [4.78, 5) is 23.6. The molecule has 0 aliphatic carbocycles. The van der Waals surface area contributed by atoms with Gasteiger partial charge in [0, 0.05) is 18.6 Å². The van der Waals surface area contributed by atoms with Crippen molar-refractivity contribution in [3.63, 3.8) is 0 Å². The zero-order valence-corrected chi connectivity index (χ0v) is 9.77. The van der Waals surface area contributed by atoms with Crippen LogP contribution in [0.5, 0.6) is 0 Å². The maximum atomic E-state index is 11.9. The smallest absolute Gasteiger partial charge is 0.275 e. The maximum Gasteiger partial charge on any atom is 0.275 e. The first kappa shape index (κ1) is 11.5. The van der Waals surface area contributed by atoms with Gasteiger partial charge < -0.3 is 5.32 Å². The third-order valence-corrected chi connectivity index (χ3v) is 2.39. The highest BCUT2D eigenvalue weighted by molar-refractivity contribution is 6.32. The Morgan fingerprint density at radius 2 is 2.00 bits per heavy atom. The summed E-state index contributed by atoms with van der Waals surface area (Å²) >= 11 is 5.79. The van der Waals surface area contributed by atoms with E-state index in [1.807, 2.05) is 0 Å². The predicted molar refractivity (Wildman–Crippen MR) is 64.0 cm³/mol. The largest absolute Gasteiger partial charge is 0.303 e. The van der Waals surface area contributed by atoms with E-state index in [-0.39, 0.29) is 16.9 Å². The van der Waals surface area contributed by atoms with Gasteiger partial charge in [0.25, 0.3) is 5.91 Å². The van der Waals surface area contributed by atoms with Crippen LogP contribution in [0.3, 0.4) is 0 Å². The van der Waals surface area contributed by atoms with Gasteiger partial charge in [-0.2, -0.15) is 0 Å². The lowest BCUT2D eigenvalue weighted by molar-refractivity contribution is 0.102. The first-order chi connectivity index (χ1) is 8.18. The number of aromatic nitrogens is 3. The predicted octanol–water partition coefficient (Wildman–Crippen LogP) is 2.09. The minimum absolute atomic E-state index is 0.148. The molecule has 0 aromatic carbocycles. The summed E-state index contributed by atoms with van der Waals surface area (Å²) in [6.45, 7) is 1.81. The van der Waals surface area contributed by atoms with Crippen molar-refractivity contribution in [3.05, 3.63) is 47.1 Å². The van der Waals surface area contributed by atoms with E-state index in [9.17, 15) is 4.79 Å². The molecular weight excluding hydrogens is 240 g/mol. The monoisotopic (exact) mass is 248 g/mol. The molecular formula is C11H9ClN4O. The molecule has 0 radical (unpaired) electrons. The molecule has 1 amide bonds. The van der Waals surface area contributed by atoms with Crippen molar-refractivity contribution in [2.45, 2.75) is 6.92 Å². The Bertz CT molecular complexity index is 559. The third-order valence-electron chi connectivity index (χ3n) is 2.11. The van der Waals surface area contributed by atoms with E-state index in [1.54, 1.807) is 25.3 Å². The van der Waals surface area contributed by atoms with Crippen molar-refractivity contribution in [1.82, 2.24) is 15.0 Å². The number of pyridine rings is 1. The van der Waals surface area contributed by atoms with Gasteiger partial charge >= 0.3 is 0 Å². The normalized spacial score (nSPS) is 10.0. The quantitative estimate of drug-likeness (QED) is 0.884. The zero-order valence-electron chi connectivity index (χ0n) is 9.01. The minimum Gasteiger partial charge on any atom is -0.303 e. The molecule has 0 bridgehead atoms. The highest BCUT2D eigenvalue weighted by Gasteiger charge is 2.12. The van der Waals surface area contributed by atoms with Gasteiger partial charge in [0.1, 0.15) is 5.69 Å². The minimum atomic E-state index is -0.356. The van der Waals surface area contributed by atoms with Crippen LogP contribution in [0, 0.1) is 6.92 Å². The van der Waals surface area contributed by atoms with Crippen molar-refractivity contribution in [2.75, 3.05) is 5.32 Å². The zero-order chi connectivity index (χ0) is 12.3. The van der Waals surface area contributed by atoms with E-state index in [0.29, 0.717) is 5.69 Å². The summed E-state index contributed by atoms with van der Waals surface area (Å²) in [6.07, 6.45) is 4.46. The first-order valence-electron chi connectivity index (χ1n) is 4.88. The van der Waals surface area contributed by atoms with E-state index >= 15 is 0 Å². The molecule has 0 spiro atoms. The molecule has 0 atom stereocenters. The Morgan fingerprint density at radius 3 is 2.71 bits per heavy atom. The van der Waals surface area contributed by atoms with E-state index in [0.717, 1.165) is 5.56 Å². The summed E-state index contributed by atoms with van der Waals surface area (Å²) in [7, 11) is 0. The van der Waals surface area contributed by atoms with E-state index in [2.05, 4.69) is 20.3 Å². The van der Waals surface area contributed by atoms with Crippen LogP contribution >= 0.6 is 11.6 Å². The molecule has 2 rings (SSSR count). The number of rotatable bonds is 2. The molecule has 86 valence electrons. The van der Waals surface area contributed by atoms with Gasteiger partial charge in [0.2, 0.25) is 0 Å². The second-order valence-electron chi connectivity index (χ2n) is 3.32. The molecule has 6 heteroatoms. The van der Waals surface area contributed by atoms with E-state index < -0.39 is 0 Å². The number of carbonyl (C=O) groups is 1. The average Bonchev–Trinajstić information content (AvgIpc) is 2.32. The van der Waals surface area contributed by atoms with Crippen LogP contribution in [0.4, 0.5) is 5.82 Å². The van der Waals surface area contributed by atoms with Gasteiger partial charge in [0.05, 0.1) is 0 Å². The van der Waals surface area contributed by atoms with Crippen LogP contribution in [-0.4, -0.2) is 20.9 Å². The lowest BCUT2D eigenvalue weighted by atomic mass is 10.2. The molecule has 1 N–H and O–H groups in total. The van der Waals surface area contributed by atoms with Gasteiger partial charge in [-0.1, -0.05) is 17.7 Å². The van der Waals surface area contributed by atoms with Crippen molar-refractivity contribution in [3.8, 4) is 0 Å². The number of carbonyl (C=O) groups excluding carboxylic acids is 1. The van der Waals surface area contributed by atoms with Crippen molar-refractivity contribution in [2.24, 2.45) is 0 Å². The summed E-state index contributed by atoms with van der Waals surface area (Å²) in [5.41, 5.74) is 1.12. The fraction of sp³-hybridized carbons (Fsp3) is 0.0909. The second-order valence-corrected chi connectivity index (χ2v) is 3.68. The molecule has 5 nitrogen and oxygen atoms in total. The molecule has 2 heterocycles. The van der Waals surface area contributed by atoms with Crippen molar-refractivity contribution in [1.29, 1.82) is 0 Å². The Hall–Kier alpha value is -2.01. The van der Waals surface area contributed by atoms with Gasteiger partial charge in [-0.25, -0.2) is 9.97 Å². The van der Waals surface area contributed by atoms with Gasteiger partial charge in [-0.15, -0.1) is 0 Å². The van der Waals surface area contributed by atoms with Crippen molar-refractivity contribution < 1.29 is 4.79 Å². The maximum absolute atomic E-state index is 11.9. The second kappa shape index (κ2) is 4.88. The van der Waals surface area contributed by atoms with Crippen molar-refractivity contribution >= 4 is 23.3 Å². The standard InChI is InChI=1S/C11H9ClN4O/c1-7-3-2-4-13-8(7)11(17)16-10-9(12)14-5-6-15-10/h2-6H,1H3,(H,15,16,17). The summed E-state index contributed by atoms with van der Waals surface area (Å²) in [6, 6.07) is 3.57. The number of aryl methyl sites for hydroxylation is 1. The number of nitrogens with zero attached hydrogens (tertiary/aromatic N) is 3. The van der Waals surface area contributed by atoms with Gasteiger partial charge in [-0.3, -0.25) is 9.78 Å². The van der Waals surface area contributed by atoms with Gasteiger partial charge in [-0.05, 0) is 18.6 Å².